The maximum atomic E-state index is 13.2. The Hall–Kier alpha value is -1.16. The molecule has 1 saturated heterocycles. The Labute approximate surface area is 188 Å². The lowest BCUT2D eigenvalue weighted by Gasteiger charge is -2.49. The predicted octanol–water partition coefficient (Wildman–Crippen LogP) is 5.23. The average molecular weight is 527 g/mol. The highest BCUT2D eigenvalue weighted by Gasteiger charge is 2.53. The summed E-state index contributed by atoms with van der Waals surface area (Å²) in [6.45, 7) is 12.8. The summed E-state index contributed by atoms with van der Waals surface area (Å²) in [5.74, 6) is -0.381. The van der Waals surface area contributed by atoms with Gasteiger partial charge >= 0.3 is 0 Å². The number of methoxy groups -OCH3 is 1. The molecule has 1 aromatic rings. The normalized spacial score (nSPS) is 27.5. The second-order valence-electron chi connectivity index (χ2n) is 9.05. The zero-order chi connectivity index (χ0) is 21.6. The zero-order valence-electron chi connectivity index (χ0n) is 18.2. The number of hydrogen-bond acceptors (Lipinski definition) is 4. The SMILES string of the molecule is CO[C@]12C=CC(O[Si](C)(C)C(C)(C)C)=C[C@H]1N(c1ccccc1I)C(=O)[C@@H](C)O2. The van der Waals surface area contributed by atoms with Crippen LogP contribution in [-0.2, 0) is 18.7 Å². The molecule has 3 rings (SSSR count). The van der Waals surface area contributed by atoms with Crippen molar-refractivity contribution < 1.29 is 18.7 Å². The number of allylic oxidation sites excluding steroid dienone is 1. The number of benzene rings is 1. The Kier molecular flexibility index (Phi) is 6.08. The minimum Gasteiger partial charge on any atom is -0.544 e. The lowest BCUT2D eigenvalue weighted by atomic mass is 9.94. The molecule has 2 aliphatic rings. The zero-order valence-corrected chi connectivity index (χ0v) is 21.3. The molecular weight excluding hydrogens is 497 g/mol. The van der Waals surface area contributed by atoms with Crippen molar-refractivity contribution in [2.24, 2.45) is 0 Å². The molecule has 1 amide bonds. The molecule has 3 atom stereocenters. The van der Waals surface area contributed by atoms with Crippen LogP contribution in [0.5, 0.6) is 0 Å². The van der Waals surface area contributed by atoms with Gasteiger partial charge in [0, 0.05) is 10.7 Å². The second-order valence-corrected chi connectivity index (χ2v) is 14.9. The first-order valence-corrected chi connectivity index (χ1v) is 13.8. The number of halogens is 1. The van der Waals surface area contributed by atoms with E-state index in [1.54, 1.807) is 18.9 Å². The second kappa shape index (κ2) is 7.83. The minimum absolute atomic E-state index is 0.0688. The summed E-state index contributed by atoms with van der Waals surface area (Å²) in [6.07, 6.45) is 5.14. The van der Waals surface area contributed by atoms with Crippen LogP contribution in [0.1, 0.15) is 27.7 Å². The fourth-order valence-corrected chi connectivity index (χ4v) is 4.99. The highest BCUT2D eigenvalue weighted by atomic mass is 127. The van der Waals surface area contributed by atoms with Crippen molar-refractivity contribution in [3.05, 3.63) is 51.8 Å². The molecule has 7 heteroatoms. The third kappa shape index (κ3) is 4.06. The number of fused-ring (bicyclic) bond motifs is 1. The van der Waals surface area contributed by atoms with E-state index in [4.69, 9.17) is 13.9 Å². The van der Waals surface area contributed by atoms with Gasteiger partial charge in [-0.05, 0) is 78.0 Å². The monoisotopic (exact) mass is 527 g/mol. The van der Waals surface area contributed by atoms with Crippen molar-refractivity contribution in [1.82, 2.24) is 0 Å². The van der Waals surface area contributed by atoms with E-state index in [1.165, 1.54) is 0 Å². The van der Waals surface area contributed by atoms with Crippen LogP contribution in [0.3, 0.4) is 0 Å². The van der Waals surface area contributed by atoms with Crippen LogP contribution in [0.25, 0.3) is 0 Å². The summed E-state index contributed by atoms with van der Waals surface area (Å²) in [7, 11) is -0.420. The molecule has 1 aliphatic heterocycles. The van der Waals surface area contributed by atoms with Crippen LogP contribution >= 0.6 is 22.6 Å². The standard InChI is InChI=1S/C22H30INO4Si/c1-15-20(25)24(18-11-9-8-10-17(18)23)19-14-16(12-13-22(19,26-5)27-15)28-29(6,7)21(2,3)4/h8-15,19H,1-7H3/t15-,19-,22+/m1/s1. The molecular formula is C22H30INO4Si. The molecule has 0 saturated carbocycles. The summed E-state index contributed by atoms with van der Waals surface area (Å²) < 4.78 is 19.4. The van der Waals surface area contributed by atoms with E-state index in [0.29, 0.717) is 0 Å². The van der Waals surface area contributed by atoms with Crippen LogP contribution in [0.4, 0.5) is 5.69 Å². The topological polar surface area (TPSA) is 48.0 Å². The number of nitrogens with zero attached hydrogens (tertiary/aromatic N) is 1. The Morgan fingerprint density at radius 2 is 1.90 bits per heavy atom. The van der Waals surface area contributed by atoms with Crippen LogP contribution in [0.2, 0.25) is 18.1 Å². The number of amides is 1. The number of carbonyl (C=O) groups excluding carboxylic acids is 1. The average Bonchev–Trinajstić information content (AvgIpc) is 2.63. The van der Waals surface area contributed by atoms with Gasteiger partial charge in [-0.15, -0.1) is 0 Å². The molecule has 1 heterocycles. The number of ether oxygens (including phenoxy) is 2. The fraction of sp³-hybridized carbons (Fsp3) is 0.500. The minimum atomic E-state index is -2.03. The first kappa shape index (κ1) is 22.5. The van der Waals surface area contributed by atoms with Gasteiger partial charge in [-0.1, -0.05) is 32.9 Å². The number of hydrogen-bond donors (Lipinski definition) is 0. The van der Waals surface area contributed by atoms with Gasteiger partial charge in [0.05, 0.1) is 5.69 Å². The summed E-state index contributed by atoms with van der Waals surface area (Å²) in [5.41, 5.74) is 0.845. The van der Waals surface area contributed by atoms with Crippen LogP contribution in [0.15, 0.2) is 48.3 Å². The van der Waals surface area contributed by atoms with Gasteiger partial charge in [-0.25, -0.2) is 0 Å². The quantitative estimate of drug-likeness (QED) is 0.398. The van der Waals surface area contributed by atoms with Crippen molar-refractivity contribution in [2.45, 2.75) is 63.8 Å². The Morgan fingerprint density at radius 3 is 2.48 bits per heavy atom. The Morgan fingerprint density at radius 1 is 1.24 bits per heavy atom. The van der Waals surface area contributed by atoms with Crippen molar-refractivity contribution in [2.75, 3.05) is 12.0 Å². The summed E-state index contributed by atoms with van der Waals surface area (Å²) in [6, 6.07) is 7.39. The fourth-order valence-electron chi connectivity index (χ4n) is 3.32. The maximum Gasteiger partial charge on any atom is 0.256 e. The molecule has 0 aromatic heterocycles. The van der Waals surface area contributed by atoms with E-state index in [9.17, 15) is 4.79 Å². The summed E-state index contributed by atoms with van der Waals surface area (Å²) >= 11 is 2.26. The van der Waals surface area contributed by atoms with E-state index >= 15 is 0 Å². The van der Waals surface area contributed by atoms with Gasteiger partial charge in [0.15, 0.2) is 0 Å². The van der Waals surface area contributed by atoms with Gasteiger partial charge in [-0.3, -0.25) is 9.69 Å². The van der Waals surface area contributed by atoms with Crippen LogP contribution < -0.4 is 4.90 Å². The highest BCUT2D eigenvalue weighted by molar-refractivity contribution is 14.1. The van der Waals surface area contributed by atoms with E-state index in [0.717, 1.165) is 15.0 Å². The molecule has 1 fully saturated rings. The third-order valence-electron chi connectivity index (χ3n) is 6.05. The predicted molar refractivity (Wildman–Crippen MR) is 126 cm³/mol. The Bertz CT molecular complexity index is 861. The molecule has 5 nitrogen and oxygen atoms in total. The number of anilines is 1. The molecule has 29 heavy (non-hydrogen) atoms. The molecule has 0 radical (unpaired) electrons. The lowest BCUT2D eigenvalue weighted by molar-refractivity contribution is -0.229. The van der Waals surface area contributed by atoms with Crippen LogP contribution in [-0.4, -0.2) is 39.3 Å². The first-order chi connectivity index (χ1) is 13.4. The van der Waals surface area contributed by atoms with Crippen LogP contribution in [0, 0.1) is 3.57 Å². The molecule has 0 N–H and O–H groups in total. The van der Waals surface area contributed by atoms with E-state index in [2.05, 4.69) is 56.5 Å². The molecule has 0 spiro atoms. The third-order valence-corrected chi connectivity index (χ3v) is 11.3. The van der Waals surface area contributed by atoms with Crippen molar-refractivity contribution in [1.29, 1.82) is 0 Å². The molecule has 1 aromatic carbocycles. The van der Waals surface area contributed by atoms with Gasteiger partial charge in [0.2, 0.25) is 14.1 Å². The van der Waals surface area contributed by atoms with Crippen molar-refractivity contribution in [3.63, 3.8) is 0 Å². The van der Waals surface area contributed by atoms with Crippen molar-refractivity contribution >= 4 is 42.5 Å². The number of morpholine rings is 1. The highest BCUT2D eigenvalue weighted by Crippen LogP contribution is 2.42. The van der Waals surface area contributed by atoms with Gasteiger partial charge in [0.25, 0.3) is 5.91 Å². The van der Waals surface area contributed by atoms with E-state index < -0.39 is 26.3 Å². The molecule has 1 aliphatic carbocycles. The molecule has 0 unspecified atom stereocenters. The van der Waals surface area contributed by atoms with E-state index in [-0.39, 0.29) is 10.9 Å². The number of carbonyl (C=O) groups is 1. The number of para-hydroxylation sites is 1. The van der Waals surface area contributed by atoms with Gasteiger partial charge < -0.3 is 13.9 Å². The smallest absolute Gasteiger partial charge is 0.256 e. The maximum absolute atomic E-state index is 13.2. The summed E-state index contributed by atoms with van der Waals surface area (Å²) in [4.78, 5) is 15.0. The molecule has 158 valence electrons. The first-order valence-electron chi connectivity index (χ1n) is 9.82. The van der Waals surface area contributed by atoms with Gasteiger partial charge in [0.1, 0.15) is 17.9 Å². The molecule has 0 bridgehead atoms. The van der Waals surface area contributed by atoms with E-state index in [1.807, 2.05) is 42.5 Å². The summed E-state index contributed by atoms with van der Waals surface area (Å²) in [5, 5.41) is 0.0688. The largest absolute Gasteiger partial charge is 0.544 e. The van der Waals surface area contributed by atoms with Crippen molar-refractivity contribution in [3.8, 4) is 0 Å². The lowest BCUT2D eigenvalue weighted by Crippen LogP contribution is -2.65. The Balaban J connectivity index is 2.08. The number of rotatable bonds is 4. The van der Waals surface area contributed by atoms with Gasteiger partial charge in [-0.2, -0.15) is 0 Å².